The number of aryl methyl sites for hydroxylation is 2. The lowest BCUT2D eigenvalue weighted by Crippen LogP contribution is -2.35. The normalized spacial score (nSPS) is 13.1. The molecule has 2 amide bonds. The summed E-state index contributed by atoms with van der Waals surface area (Å²) in [5.41, 5.74) is 4.05. The second-order valence-electron chi connectivity index (χ2n) is 6.67. The standard InChI is InChI=1S/C21H19N3O3S/c1-12-4-6-14(7-5-12)20(26)23-21-22-19(13(2)28-21)15-8-9-17-16(10-15)24(3)18(25)11-27-17/h4-10H,11H2,1-3H3,(H,22,23,26). The van der Waals surface area contributed by atoms with Crippen molar-refractivity contribution in [1.82, 2.24) is 4.98 Å². The van der Waals surface area contributed by atoms with Crippen molar-refractivity contribution in [3.8, 4) is 17.0 Å². The minimum atomic E-state index is -0.190. The van der Waals surface area contributed by atoms with Crippen molar-refractivity contribution < 1.29 is 14.3 Å². The van der Waals surface area contributed by atoms with Gasteiger partial charge in [-0.05, 0) is 44.2 Å². The van der Waals surface area contributed by atoms with Gasteiger partial charge in [-0.25, -0.2) is 4.98 Å². The van der Waals surface area contributed by atoms with Crippen LogP contribution in [0.4, 0.5) is 10.8 Å². The molecule has 7 heteroatoms. The van der Waals surface area contributed by atoms with Crippen LogP contribution < -0.4 is 15.0 Å². The molecule has 6 nitrogen and oxygen atoms in total. The van der Waals surface area contributed by atoms with Crippen molar-refractivity contribution in [3.63, 3.8) is 0 Å². The molecule has 1 aromatic heterocycles. The highest BCUT2D eigenvalue weighted by Gasteiger charge is 2.23. The topological polar surface area (TPSA) is 71.5 Å². The Kier molecular flexibility index (Phi) is 4.60. The lowest BCUT2D eigenvalue weighted by molar-refractivity contribution is -0.120. The minimum Gasteiger partial charge on any atom is -0.482 e. The summed E-state index contributed by atoms with van der Waals surface area (Å²) in [6.07, 6.45) is 0. The van der Waals surface area contributed by atoms with E-state index in [4.69, 9.17) is 4.74 Å². The highest BCUT2D eigenvalue weighted by molar-refractivity contribution is 7.16. The van der Waals surface area contributed by atoms with E-state index in [0.29, 0.717) is 22.1 Å². The summed E-state index contributed by atoms with van der Waals surface area (Å²) in [6, 6.07) is 13.0. The van der Waals surface area contributed by atoms with E-state index in [-0.39, 0.29) is 18.4 Å². The zero-order valence-corrected chi connectivity index (χ0v) is 16.6. The third-order valence-corrected chi connectivity index (χ3v) is 5.54. The third-order valence-electron chi connectivity index (χ3n) is 4.65. The zero-order valence-electron chi connectivity index (χ0n) is 15.8. The van der Waals surface area contributed by atoms with E-state index in [1.165, 1.54) is 11.3 Å². The molecule has 0 atom stereocenters. The summed E-state index contributed by atoms with van der Waals surface area (Å²) in [5, 5.41) is 3.40. The molecular weight excluding hydrogens is 374 g/mol. The number of anilines is 2. The number of carbonyl (C=O) groups is 2. The number of likely N-dealkylation sites (N-methyl/N-ethyl adjacent to an activating group) is 1. The molecule has 0 spiro atoms. The maximum atomic E-state index is 12.4. The number of fused-ring (bicyclic) bond motifs is 1. The largest absolute Gasteiger partial charge is 0.482 e. The molecule has 1 aliphatic heterocycles. The molecule has 142 valence electrons. The average Bonchev–Trinajstić information content (AvgIpc) is 3.05. The number of hydrogen-bond donors (Lipinski definition) is 1. The molecule has 0 radical (unpaired) electrons. The van der Waals surface area contributed by atoms with Gasteiger partial charge < -0.3 is 9.64 Å². The Morgan fingerprint density at radius 1 is 1.18 bits per heavy atom. The number of aromatic nitrogens is 1. The molecule has 4 rings (SSSR count). The summed E-state index contributed by atoms with van der Waals surface area (Å²) >= 11 is 1.42. The van der Waals surface area contributed by atoms with Crippen LogP contribution in [0.5, 0.6) is 5.75 Å². The fourth-order valence-electron chi connectivity index (χ4n) is 3.01. The minimum absolute atomic E-state index is 0.0494. The van der Waals surface area contributed by atoms with E-state index in [2.05, 4.69) is 10.3 Å². The van der Waals surface area contributed by atoms with Gasteiger partial charge in [0.1, 0.15) is 5.75 Å². The summed E-state index contributed by atoms with van der Waals surface area (Å²) in [4.78, 5) is 31.5. The van der Waals surface area contributed by atoms with Gasteiger partial charge in [0.2, 0.25) is 0 Å². The molecule has 3 aromatic rings. The van der Waals surface area contributed by atoms with Crippen LogP contribution in [0.15, 0.2) is 42.5 Å². The van der Waals surface area contributed by atoms with Gasteiger partial charge in [0, 0.05) is 23.1 Å². The lowest BCUT2D eigenvalue weighted by Gasteiger charge is -2.26. The maximum absolute atomic E-state index is 12.4. The smallest absolute Gasteiger partial charge is 0.264 e. The average molecular weight is 393 g/mol. The number of nitrogens with one attached hydrogen (secondary N) is 1. The van der Waals surface area contributed by atoms with E-state index in [1.807, 2.05) is 44.2 Å². The predicted octanol–water partition coefficient (Wildman–Crippen LogP) is 4.03. The van der Waals surface area contributed by atoms with Crippen molar-refractivity contribution in [2.45, 2.75) is 13.8 Å². The van der Waals surface area contributed by atoms with Crippen molar-refractivity contribution in [1.29, 1.82) is 0 Å². The summed E-state index contributed by atoms with van der Waals surface area (Å²) in [7, 11) is 1.73. The van der Waals surface area contributed by atoms with Crippen LogP contribution in [-0.2, 0) is 4.79 Å². The number of nitrogens with zero attached hydrogens (tertiary/aromatic N) is 2. The number of benzene rings is 2. The molecule has 2 aromatic carbocycles. The van der Waals surface area contributed by atoms with Gasteiger partial charge in [0.15, 0.2) is 11.7 Å². The first-order valence-electron chi connectivity index (χ1n) is 8.81. The molecule has 1 aliphatic rings. The van der Waals surface area contributed by atoms with E-state index in [1.54, 1.807) is 24.1 Å². The van der Waals surface area contributed by atoms with Crippen LogP contribution in [-0.4, -0.2) is 30.5 Å². The van der Waals surface area contributed by atoms with Gasteiger partial charge >= 0.3 is 0 Å². The number of hydrogen-bond acceptors (Lipinski definition) is 5. The van der Waals surface area contributed by atoms with Crippen LogP contribution in [0.2, 0.25) is 0 Å². The number of carbonyl (C=O) groups excluding carboxylic acids is 2. The molecule has 0 bridgehead atoms. The van der Waals surface area contributed by atoms with Crippen LogP contribution in [0.1, 0.15) is 20.8 Å². The molecule has 28 heavy (non-hydrogen) atoms. The van der Waals surface area contributed by atoms with Crippen LogP contribution in [0.25, 0.3) is 11.3 Å². The monoisotopic (exact) mass is 393 g/mol. The first-order chi connectivity index (χ1) is 13.4. The van der Waals surface area contributed by atoms with Crippen LogP contribution in [0, 0.1) is 13.8 Å². The van der Waals surface area contributed by atoms with E-state index >= 15 is 0 Å². The number of thiazole rings is 1. The second-order valence-corrected chi connectivity index (χ2v) is 7.87. The first-order valence-corrected chi connectivity index (χ1v) is 9.63. The molecule has 0 aliphatic carbocycles. The zero-order chi connectivity index (χ0) is 19.8. The highest BCUT2D eigenvalue weighted by atomic mass is 32.1. The highest BCUT2D eigenvalue weighted by Crippen LogP contribution is 2.37. The second kappa shape index (κ2) is 7.09. The number of ether oxygens (including phenoxy) is 1. The Bertz CT molecular complexity index is 1070. The van der Waals surface area contributed by atoms with Gasteiger partial charge in [0.05, 0.1) is 11.4 Å². The number of rotatable bonds is 3. The molecular formula is C21H19N3O3S. The molecule has 2 heterocycles. The third kappa shape index (κ3) is 3.36. The van der Waals surface area contributed by atoms with E-state index in [9.17, 15) is 9.59 Å². The Morgan fingerprint density at radius 2 is 1.93 bits per heavy atom. The van der Waals surface area contributed by atoms with Crippen molar-refractivity contribution in [3.05, 3.63) is 58.5 Å². The van der Waals surface area contributed by atoms with Crippen LogP contribution in [0.3, 0.4) is 0 Å². The molecule has 0 fully saturated rings. The van der Waals surface area contributed by atoms with Gasteiger partial charge in [-0.15, -0.1) is 11.3 Å². The van der Waals surface area contributed by atoms with Gasteiger partial charge in [-0.3, -0.25) is 14.9 Å². The van der Waals surface area contributed by atoms with Gasteiger partial charge in [-0.2, -0.15) is 0 Å². The van der Waals surface area contributed by atoms with Crippen molar-refractivity contribution in [2.24, 2.45) is 0 Å². The quantitative estimate of drug-likeness (QED) is 0.729. The maximum Gasteiger partial charge on any atom is 0.264 e. The fourth-order valence-corrected chi connectivity index (χ4v) is 3.84. The Hall–Kier alpha value is -3.19. The van der Waals surface area contributed by atoms with E-state index in [0.717, 1.165) is 21.7 Å². The Balaban J connectivity index is 1.61. The SMILES string of the molecule is Cc1ccc(C(=O)Nc2nc(-c3ccc4c(c3)N(C)C(=O)CO4)c(C)s2)cc1. The molecule has 0 unspecified atom stereocenters. The summed E-state index contributed by atoms with van der Waals surface area (Å²) < 4.78 is 5.48. The predicted molar refractivity (Wildman–Crippen MR) is 110 cm³/mol. The molecule has 0 saturated heterocycles. The van der Waals surface area contributed by atoms with E-state index < -0.39 is 0 Å². The van der Waals surface area contributed by atoms with Gasteiger partial charge in [0.25, 0.3) is 11.8 Å². The first kappa shape index (κ1) is 18.2. The number of amides is 2. The molecule has 0 saturated carbocycles. The van der Waals surface area contributed by atoms with Crippen molar-refractivity contribution >= 4 is 34.0 Å². The lowest BCUT2D eigenvalue weighted by atomic mass is 10.1. The fraction of sp³-hybridized carbons (Fsp3) is 0.190. The summed E-state index contributed by atoms with van der Waals surface area (Å²) in [6.45, 7) is 3.99. The summed E-state index contributed by atoms with van der Waals surface area (Å²) in [5.74, 6) is 0.391. The Morgan fingerprint density at radius 3 is 2.68 bits per heavy atom. The molecule has 1 N–H and O–H groups in total. The van der Waals surface area contributed by atoms with Gasteiger partial charge in [-0.1, -0.05) is 17.7 Å². The van der Waals surface area contributed by atoms with Crippen molar-refractivity contribution in [2.75, 3.05) is 23.9 Å². The Labute approximate surface area is 166 Å². The van der Waals surface area contributed by atoms with Crippen LogP contribution >= 0.6 is 11.3 Å².